The second-order valence-electron chi connectivity index (χ2n) is 3.44. The van der Waals surface area contributed by atoms with Crippen molar-refractivity contribution < 1.29 is 28.2 Å². The van der Waals surface area contributed by atoms with Crippen molar-refractivity contribution in [3.63, 3.8) is 0 Å². The lowest BCUT2D eigenvalue weighted by Gasteiger charge is -2.15. The van der Waals surface area contributed by atoms with Crippen LogP contribution in [0.3, 0.4) is 0 Å². The summed E-state index contributed by atoms with van der Waals surface area (Å²) in [6, 6.07) is 0.998. The Morgan fingerprint density at radius 3 is 2.47 bits per heavy atom. The molecule has 0 saturated heterocycles. The lowest BCUT2D eigenvalue weighted by atomic mass is 10.1. The van der Waals surface area contributed by atoms with E-state index in [0.29, 0.717) is 0 Å². The first kappa shape index (κ1) is 14.6. The Bertz CT molecular complexity index is 484. The van der Waals surface area contributed by atoms with Crippen LogP contribution in [0.25, 0.3) is 0 Å². The van der Waals surface area contributed by atoms with Crippen molar-refractivity contribution in [1.82, 2.24) is 5.32 Å². The quantitative estimate of drug-likeness (QED) is 0.803. The van der Waals surface area contributed by atoms with Crippen LogP contribution in [0, 0.1) is 11.6 Å². The summed E-state index contributed by atoms with van der Waals surface area (Å²) in [7, 11) is 0. The predicted molar refractivity (Wildman–Crippen MR) is 61.4 cm³/mol. The standard InChI is InChI=1S/C12H11F2NO4/c1-2-6-19-12(18)15-10(11(16)17)9-7(13)4-3-5-8(9)14/h2-5,10H,1,6H2,(H,15,18)(H,16,17). The molecule has 0 radical (unpaired) electrons. The van der Waals surface area contributed by atoms with Crippen LogP contribution in [0.1, 0.15) is 11.6 Å². The van der Waals surface area contributed by atoms with Crippen LogP contribution in [0.15, 0.2) is 30.9 Å². The van der Waals surface area contributed by atoms with Gasteiger partial charge in [0, 0.05) is 0 Å². The summed E-state index contributed by atoms with van der Waals surface area (Å²) in [5.74, 6) is -3.76. The van der Waals surface area contributed by atoms with Gasteiger partial charge in [0.05, 0.1) is 5.56 Å². The lowest BCUT2D eigenvalue weighted by molar-refractivity contribution is -0.139. The number of hydrogen-bond acceptors (Lipinski definition) is 3. The number of aliphatic carboxylic acids is 1. The maximum atomic E-state index is 13.5. The molecule has 0 bridgehead atoms. The number of ether oxygens (including phenoxy) is 1. The zero-order valence-electron chi connectivity index (χ0n) is 9.73. The Morgan fingerprint density at radius 1 is 1.42 bits per heavy atom. The van der Waals surface area contributed by atoms with Gasteiger partial charge in [-0.25, -0.2) is 18.4 Å². The highest BCUT2D eigenvalue weighted by atomic mass is 19.1. The largest absolute Gasteiger partial charge is 0.479 e. The van der Waals surface area contributed by atoms with Gasteiger partial charge in [0.15, 0.2) is 6.04 Å². The van der Waals surface area contributed by atoms with Crippen LogP contribution in [-0.4, -0.2) is 23.8 Å². The van der Waals surface area contributed by atoms with E-state index in [9.17, 15) is 18.4 Å². The van der Waals surface area contributed by atoms with Crippen molar-refractivity contribution in [2.75, 3.05) is 6.61 Å². The molecule has 5 nitrogen and oxygen atoms in total. The number of benzene rings is 1. The van der Waals surface area contributed by atoms with Crippen LogP contribution in [0.4, 0.5) is 13.6 Å². The van der Waals surface area contributed by atoms with Gasteiger partial charge in [0.1, 0.15) is 18.2 Å². The van der Waals surface area contributed by atoms with E-state index in [2.05, 4.69) is 11.3 Å². The minimum atomic E-state index is -1.88. The van der Waals surface area contributed by atoms with Gasteiger partial charge in [-0.05, 0) is 12.1 Å². The summed E-state index contributed by atoms with van der Waals surface area (Å²) in [6.07, 6.45) is 0.147. The zero-order valence-corrected chi connectivity index (χ0v) is 9.73. The average Bonchev–Trinajstić information content (AvgIpc) is 2.34. The Balaban J connectivity index is 2.98. The van der Waals surface area contributed by atoms with Crippen LogP contribution in [-0.2, 0) is 9.53 Å². The molecule has 0 aromatic heterocycles. The highest BCUT2D eigenvalue weighted by Crippen LogP contribution is 2.21. The summed E-state index contributed by atoms with van der Waals surface area (Å²) < 4.78 is 31.4. The van der Waals surface area contributed by atoms with E-state index < -0.39 is 35.3 Å². The molecule has 19 heavy (non-hydrogen) atoms. The maximum Gasteiger partial charge on any atom is 0.408 e. The predicted octanol–water partition coefficient (Wildman–Crippen LogP) is 2.00. The lowest BCUT2D eigenvalue weighted by Crippen LogP contribution is -2.35. The van der Waals surface area contributed by atoms with Crippen LogP contribution in [0.5, 0.6) is 0 Å². The van der Waals surface area contributed by atoms with Crippen LogP contribution < -0.4 is 5.32 Å². The van der Waals surface area contributed by atoms with Gasteiger partial charge in [0.2, 0.25) is 0 Å². The number of carboxylic acid groups (broad SMARTS) is 1. The molecule has 0 saturated carbocycles. The monoisotopic (exact) mass is 271 g/mol. The van der Waals surface area contributed by atoms with Crippen molar-refractivity contribution in [1.29, 1.82) is 0 Å². The minimum Gasteiger partial charge on any atom is -0.479 e. The summed E-state index contributed by atoms with van der Waals surface area (Å²) in [5, 5.41) is 10.8. The third kappa shape index (κ3) is 3.77. The van der Waals surface area contributed by atoms with E-state index in [-0.39, 0.29) is 6.61 Å². The Morgan fingerprint density at radius 2 is 2.00 bits per heavy atom. The van der Waals surface area contributed by atoms with Gasteiger partial charge >= 0.3 is 12.1 Å². The molecule has 0 fully saturated rings. The number of carboxylic acids is 1. The number of carbonyl (C=O) groups is 2. The molecule has 1 atom stereocenters. The molecule has 1 unspecified atom stereocenters. The summed E-state index contributed by atoms with van der Waals surface area (Å²) in [6.45, 7) is 3.14. The second-order valence-corrected chi connectivity index (χ2v) is 3.44. The third-order valence-corrected chi connectivity index (χ3v) is 2.13. The summed E-state index contributed by atoms with van der Waals surface area (Å²) >= 11 is 0. The fraction of sp³-hybridized carbons (Fsp3) is 0.167. The highest BCUT2D eigenvalue weighted by molar-refractivity contribution is 5.81. The van der Waals surface area contributed by atoms with Gasteiger partial charge in [-0.15, -0.1) is 0 Å². The fourth-order valence-electron chi connectivity index (χ4n) is 1.34. The van der Waals surface area contributed by atoms with Crippen molar-refractivity contribution in [2.45, 2.75) is 6.04 Å². The van der Waals surface area contributed by atoms with Gasteiger partial charge in [-0.1, -0.05) is 18.7 Å². The SMILES string of the molecule is C=CCOC(=O)NC(C(=O)O)c1c(F)cccc1F. The Labute approximate surface area is 107 Å². The molecule has 0 heterocycles. The molecule has 1 aromatic carbocycles. The molecular formula is C12H11F2NO4. The summed E-state index contributed by atoms with van der Waals surface area (Å²) in [4.78, 5) is 22.2. The van der Waals surface area contributed by atoms with Crippen LogP contribution in [0.2, 0.25) is 0 Å². The number of rotatable bonds is 5. The van der Waals surface area contributed by atoms with Crippen molar-refractivity contribution >= 4 is 12.1 Å². The topological polar surface area (TPSA) is 75.6 Å². The van der Waals surface area contributed by atoms with Crippen molar-refractivity contribution in [3.05, 3.63) is 48.1 Å². The molecule has 0 spiro atoms. The van der Waals surface area contributed by atoms with E-state index in [1.165, 1.54) is 6.08 Å². The maximum absolute atomic E-state index is 13.5. The molecule has 0 aliphatic carbocycles. The second kappa shape index (κ2) is 6.48. The molecule has 0 aliphatic heterocycles. The van der Waals surface area contributed by atoms with Gasteiger partial charge in [-0.2, -0.15) is 0 Å². The van der Waals surface area contributed by atoms with E-state index in [4.69, 9.17) is 5.11 Å². The fourth-order valence-corrected chi connectivity index (χ4v) is 1.34. The van der Waals surface area contributed by atoms with Crippen molar-refractivity contribution in [2.24, 2.45) is 0 Å². The number of amides is 1. The van der Waals surface area contributed by atoms with Gasteiger partial charge in [-0.3, -0.25) is 0 Å². The summed E-state index contributed by atoms with van der Waals surface area (Å²) in [5.41, 5.74) is -0.759. The first-order valence-corrected chi connectivity index (χ1v) is 5.18. The van der Waals surface area contributed by atoms with E-state index >= 15 is 0 Å². The molecule has 102 valence electrons. The molecule has 1 amide bonds. The van der Waals surface area contributed by atoms with E-state index in [1.807, 2.05) is 5.32 Å². The molecule has 2 N–H and O–H groups in total. The zero-order chi connectivity index (χ0) is 14.4. The third-order valence-electron chi connectivity index (χ3n) is 2.13. The number of nitrogens with one attached hydrogen (secondary N) is 1. The van der Waals surface area contributed by atoms with Crippen molar-refractivity contribution in [3.8, 4) is 0 Å². The molecule has 1 rings (SSSR count). The van der Waals surface area contributed by atoms with E-state index in [1.54, 1.807) is 0 Å². The Hall–Kier alpha value is -2.44. The van der Waals surface area contributed by atoms with Gasteiger partial charge in [0.25, 0.3) is 0 Å². The molecule has 1 aromatic rings. The van der Waals surface area contributed by atoms with Crippen LogP contribution >= 0.6 is 0 Å². The highest BCUT2D eigenvalue weighted by Gasteiger charge is 2.28. The molecule has 7 heteroatoms. The number of alkyl carbamates (subject to hydrolysis) is 1. The first-order chi connectivity index (χ1) is 8.97. The van der Waals surface area contributed by atoms with Gasteiger partial charge < -0.3 is 15.2 Å². The number of carbonyl (C=O) groups excluding carboxylic acids is 1. The first-order valence-electron chi connectivity index (χ1n) is 5.18. The van der Waals surface area contributed by atoms with E-state index in [0.717, 1.165) is 18.2 Å². The smallest absolute Gasteiger partial charge is 0.408 e. The average molecular weight is 271 g/mol. The normalized spacial score (nSPS) is 11.5. The number of halogens is 2. The molecular weight excluding hydrogens is 260 g/mol. The number of hydrogen-bond donors (Lipinski definition) is 2. The molecule has 0 aliphatic rings. The Kier molecular flexibility index (Phi) is 4.99. The minimum absolute atomic E-state index is 0.155.